The zero-order chi connectivity index (χ0) is 17.5. The summed E-state index contributed by atoms with van der Waals surface area (Å²) in [4.78, 5) is 11.9. The van der Waals surface area contributed by atoms with E-state index in [0.29, 0.717) is 34.6 Å². The van der Waals surface area contributed by atoms with E-state index >= 15 is 0 Å². The second-order valence-corrected chi connectivity index (χ2v) is 9.33. The molecule has 23 heavy (non-hydrogen) atoms. The van der Waals surface area contributed by atoms with Crippen LogP contribution in [0.1, 0.15) is 53.9 Å². The van der Waals surface area contributed by atoms with Gasteiger partial charge in [-0.05, 0) is 49.9 Å². The van der Waals surface area contributed by atoms with E-state index in [1.807, 2.05) is 13.8 Å². The van der Waals surface area contributed by atoms with Crippen LogP contribution in [0.4, 0.5) is 0 Å². The highest BCUT2D eigenvalue weighted by Gasteiger charge is 2.61. The molecule has 134 valence electrons. The Morgan fingerprint density at radius 3 is 2.39 bits per heavy atom. The first-order valence-corrected chi connectivity index (χ1v) is 9.11. The van der Waals surface area contributed by atoms with Gasteiger partial charge in [-0.25, -0.2) is 4.79 Å². The van der Waals surface area contributed by atoms with Crippen LogP contribution in [0.25, 0.3) is 0 Å². The van der Waals surface area contributed by atoms with E-state index in [1.165, 1.54) is 19.3 Å². The Balaban J connectivity index is 1.80. The lowest BCUT2D eigenvalue weighted by atomic mass is 9.70. The summed E-state index contributed by atoms with van der Waals surface area (Å²) in [6.07, 6.45) is 4.17. The van der Waals surface area contributed by atoms with Crippen LogP contribution < -0.4 is 0 Å². The maximum Gasteiger partial charge on any atom is 0.362 e. The maximum atomic E-state index is 11.9. The smallest absolute Gasteiger partial charge is 0.362 e. The fourth-order valence-corrected chi connectivity index (χ4v) is 4.55. The summed E-state index contributed by atoms with van der Waals surface area (Å²) >= 11 is 0. The Kier molecular flexibility index (Phi) is 5.18. The lowest BCUT2D eigenvalue weighted by Crippen LogP contribution is -2.47. The molecule has 0 unspecified atom stereocenters. The molecule has 0 saturated heterocycles. The van der Waals surface area contributed by atoms with Crippen LogP contribution in [0.5, 0.6) is 0 Å². The minimum atomic E-state index is -0.127. The molecule has 0 spiro atoms. The van der Waals surface area contributed by atoms with Gasteiger partial charge in [0.05, 0.1) is 32.9 Å². The van der Waals surface area contributed by atoms with E-state index in [9.17, 15) is 4.79 Å². The number of hydrogen-bond acceptors (Lipinski definition) is 3. The Labute approximate surface area is 142 Å². The molecule has 0 N–H and O–H groups in total. The minimum absolute atomic E-state index is 0.0463. The van der Waals surface area contributed by atoms with Crippen molar-refractivity contribution in [1.29, 1.82) is 0 Å². The number of carbonyl (C=O) groups excluding carboxylic acids is 1. The topological polar surface area (TPSA) is 35.5 Å². The summed E-state index contributed by atoms with van der Waals surface area (Å²) in [6.45, 7) is 13.0. The standard InChI is InChI=1S/C19H36NO3/c1-14(2)23-17(21)13-20(6,7)10-11-22-16-12-15-8-9-19(16,5)18(15,3)4/h14-16H,8-13H2,1-7H3/q+1/t15-,16-,19+/m0/s1. The molecule has 0 aliphatic heterocycles. The molecule has 2 aliphatic rings. The van der Waals surface area contributed by atoms with Crippen LogP contribution in [0.2, 0.25) is 0 Å². The van der Waals surface area contributed by atoms with E-state index in [0.717, 1.165) is 12.5 Å². The third kappa shape index (κ3) is 3.74. The largest absolute Gasteiger partial charge is 0.459 e. The quantitative estimate of drug-likeness (QED) is 0.532. The van der Waals surface area contributed by atoms with Crippen molar-refractivity contribution in [2.75, 3.05) is 33.8 Å². The van der Waals surface area contributed by atoms with E-state index in [1.54, 1.807) is 0 Å². The number of hydrogen-bond donors (Lipinski definition) is 0. The second kappa shape index (κ2) is 6.36. The van der Waals surface area contributed by atoms with Crippen molar-refractivity contribution >= 4 is 5.97 Å². The average Bonchev–Trinajstić information content (AvgIpc) is 2.69. The van der Waals surface area contributed by atoms with Gasteiger partial charge in [0.1, 0.15) is 6.54 Å². The van der Waals surface area contributed by atoms with Gasteiger partial charge in [0, 0.05) is 0 Å². The zero-order valence-corrected chi connectivity index (χ0v) is 16.1. The summed E-state index contributed by atoms with van der Waals surface area (Å²) in [6, 6.07) is 0. The predicted molar refractivity (Wildman–Crippen MR) is 92.0 cm³/mol. The number of likely N-dealkylation sites (N-methyl/N-ethyl adjacent to an activating group) is 1. The van der Waals surface area contributed by atoms with Crippen molar-refractivity contribution in [1.82, 2.24) is 0 Å². The van der Waals surface area contributed by atoms with Crippen LogP contribution in [0.15, 0.2) is 0 Å². The normalized spacial score (nSPS) is 32.5. The number of fused-ring (bicyclic) bond motifs is 2. The van der Waals surface area contributed by atoms with Crippen LogP contribution in [-0.4, -0.2) is 56.5 Å². The molecule has 0 amide bonds. The Morgan fingerprint density at radius 1 is 1.26 bits per heavy atom. The van der Waals surface area contributed by atoms with Crippen LogP contribution in [0, 0.1) is 16.7 Å². The molecule has 2 saturated carbocycles. The van der Waals surface area contributed by atoms with Gasteiger partial charge in [-0.2, -0.15) is 0 Å². The van der Waals surface area contributed by atoms with Crippen molar-refractivity contribution in [3.05, 3.63) is 0 Å². The summed E-state index contributed by atoms with van der Waals surface area (Å²) in [5.74, 6) is 0.680. The van der Waals surface area contributed by atoms with Crippen molar-refractivity contribution in [2.45, 2.75) is 66.1 Å². The molecule has 3 atom stereocenters. The highest BCUT2D eigenvalue weighted by Crippen LogP contribution is 2.66. The molecular weight excluding hydrogens is 290 g/mol. The highest BCUT2D eigenvalue weighted by molar-refractivity contribution is 5.70. The van der Waals surface area contributed by atoms with E-state index in [-0.39, 0.29) is 12.1 Å². The number of carbonyl (C=O) groups is 1. The minimum Gasteiger partial charge on any atom is -0.459 e. The Morgan fingerprint density at radius 2 is 1.91 bits per heavy atom. The maximum absolute atomic E-state index is 11.9. The zero-order valence-electron chi connectivity index (χ0n) is 16.1. The molecule has 0 aromatic carbocycles. The van der Waals surface area contributed by atoms with Crippen molar-refractivity contribution in [3.63, 3.8) is 0 Å². The van der Waals surface area contributed by atoms with Crippen LogP contribution in [-0.2, 0) is 14.3 Å². The van der Waals surface area contributed by atoms with Crippen LogP contribution in [0.3, 0.4) is 0 Å². The molecule has 2 aliphatic carbocycles. The van der Waals surface area contributed by atoms with E-state index in [4.69, 9.17) is 9.47 Å². The summed E-state index contributed by atoms with van der Waals surface area (Å²) in [5.41, 5.74) is 0.703. The molecule has 2 fully saturated rings. The number of esters is 1. The molecule has 0 aromatic rings. The number of nitrogens with zero attached hydrogens (tertiary/aromatic N) is 1. The number of ether oxygens (including phenoxy) is 2. The first-order chi connectivity index (χ1) is 10.5. The fraction of sp³-hybridized carbons (Fsp3) is 0.947. The first kappa shape index (κ1) is 18.7. The third-order valence-electron chi connectivity index (χ3n) is 6.65. The molecule has 4 nitrogen and oxygen atoms in total. The lowest BCUT2D eigenvalue weighted by molar-refractivity contribution is -0.883. The summed E-state index contributed by atoms with van der Waals surface area (Å²) < 4.78 is 12.2. The third-order valence-corrected chi connectivity index (χ3v) is 6.65. The van der Waals surface area contributed by atoms with Gasteiger partial charge in [0.2, 0.25) is 0 Å². The monoisotopic (exact) mass is 326 g/mol. The number of rotatable bonds is 7. The SMILES string of the molecule is CC(C)OC(=O)C[N+](C)(C)CCO[C@H]1C[C@@H]2CC[C@@]1(C)C2(C)C. The van der Waals surface area contributed by atoms with E-state index in [2.05, 4.69) is 34.9 Å². The summed E-state index contributed by atoms with van der Waals surface area (Å²) in [7, 11) is 4.13. The predicted octanol–water partition coefficient (Wildman–Crippen LogP) is 3.25. The molecule has 0 radical (unpaired) electrons. The van der Waals surface area contributed by atoms with Crippen LogP contribution >= 0.6 is 0 Å². The van der Waals surface area contributed by atoms with Crippen molar-refractivity contribution in [3.8, 4) is 0 Å². The van der Waals surface area contributed by atoms with Gasteiger partial charge < -0.3 is 14.0 Å². The highest BCUT2D eigenvalue weighted by atomic mass is 16.5. The summed E-state index contributed by atoms with van der Waals surface area (Å²) in [5, 5.41) is 0. The first-order valence-electron chi connectivity index (χ1n) is 9.11. The van der Waals surface area contributed by atoms with Gasteiger partial charge in [-0.3, -0.25) is 0 Å². The molecule has 2 bridgehead atoms. The Hall–Kier alpha value is -0.610. The molecule has 4 heteroatoms. The average molecular weight is 327 g/mol. The Bertz CT molecular complexity index is 444. The molecule has 0 aromatic heterocycles. The molecular formula is C19H36NO3+. The van der Waals surface area contributed by atoms with E-state index < -0.39 is 0 Å². The van der Waals surface area contributed by atoms with Crippen molar-refractivity contribution < 1.29 is 18.8 Å². The van der Waals surface area contributed by atoms with Gasteiger partial charge in [-0.1, -0.05) is 20.8 Å². The van der Waals surface area contributed by atoms with Gasteiger partial charge >= 0.3 is 5.97 Å². The molecule has 2 rings (SSSR count). The fourth-order valence-electron chi connectivity index (χ4n) is 4.55. The molecule has 0 heterocycles. The number of quaternary nitrogens is 1. The second-order valence-electron chi connectivity index (χ2n) is 9.33. The lowest BCUT2D eigenvalue weighted by Gasteiger charge is -2.39. The van der Waals surface area contributed by atoms with Crippen molar-refractivity contribution in [2.24, 2.45) is 16.7 Å². The van der Waals surface area contributed by atoms with Gasteiger partial charge in [0.15, 0.2) is 6.54 Å². The van der Waals surface area contributed by atoms with Gasteiger partial charge in [0.25, 0.3) is 0 Å². The van der Waals surface area contributed by atoms with Gasteiger partial charge in [-0.15, -0.1) is 0 Å².